The molecule has 1 aromatic heterocycles. The normalized spacial score (nSPS) is 11.5. The lowest BCUT2D eigenvalue weighted by Crippen LogP contribution is -2.28. The third kappa shape index (κ3) is 3.82. The average Bonchev–Trinajstić information content (AvgIpc) is 2.83. The minimum Gasteiger partial charge on any atom is -0.406 e. The summed E-state index contributed by atoms with van der Waals surface area (Å²) in [6.07, 6.45) is -4.80. The molecule has 0 saturated carbocycles. The number of H-pyrrole nitrogens is 1. The number of ether oxygens (including phenoxy) is 1. The van der Waals surface area contributed by atoms with E-state index in [1.807, 2.05) is 6.07 Å². The summed E-state index contributed by atoms with van der Waals surface area (Å²) in [5, 5.41) is 2.37. The van der Waals surface area contributed by atoms with Crippen molar-refractivity contribution in [2.45, 2.75) is 12.9 Å². The Bertz CT molecular complexity index is 970. The van der Waals surface area contributed by atoms with Crippen LogP contribution in [0.3, 0.4) is 0 Å². The highest BCUT2D eigenvalue weighted by atomic mass is 19.4. The average molecular weight is 351 g/mol. The number of hydrogen-bond acceptors (Lipinski definition) is 3. The Morgan fingerprint density at radius 3 is 2.20 bits per heavy atom. The molecule has 0 spiro atoms. The first kappa shape index (κ1) is 16.6. The van der Waals surface area contributed by atoms with Crippen molar-refractivity contribution < 1.29 is 17.9 Å². The van der Waals surface area contributed by atoms with Gasteiger partial charge in [0.25, 0.3) is 0 Å². The van der Waals surface area contributed by atoms with Crippen LogP contribution < -0.4 is 16.1 Å². The molecule has 3 rings (SSSR count). The zero-order valence-electron chi connectivity index (χ0n) is 12.7. The second-order valence-electron chi connectivity index (χ2n) is 5.15. The van der Waals surface area contributed by atoms with Gasteiger partial charge in [-0.25, -0.2) is 23.9 Å². The largest absolute Gasteiger partial charge is 0.573 e. The number of aromatic amines is 1. The van der Waals surface area contributed by atoms with Gasteiger partial charge in [0, 0.05) is 0 Å². The maximum atomic E-state index is 12.4. The van der Waals surface area contributed by atoms with Gasteiger partial charge in [-0.15, -0.1) is 13.2 Å². The van der Waals surface area contributed by atoms with Gasteiger partial charge in [-0.1, -0.05) is 30.3 Å². The zero-order valence-corrected chi connectivity index (χ0v) is 12.7. The summed E-state index contributed by atoms with van der Waals surface area (Å²) >= 11 is 0. The third-order valence-electron chi connectivity index (χ3n) is 3.39. The molecule has 0 radical (unpaired) electrons. The van der Waals surface area contributed by atoms with Gasteiger partial charge < -0.3 is 4.74 Å². The monoisotopic (exact) mass is 351 g/mol. The van der Waals surface area contributed by atoms with Crippen LogP contribution in [-0.2, 0) is 6.54 Å². The molecule has 6 nitrogen and oxygen atoms in total. The van der Waals surface area contributed by atoms with Crippen LogP contribution in [0.5, 0.6) is 5.75 Å². The van der Waals surface area contributed by atoms with E-state index >= 15 is 0 Å². The highest BCUT2D eigenvalue weighted by molar-refractivity contribution is 5.36. The predicted octanol–water partition coefficient (Wildman–Crippen LogP) is 2.27. The quantitative estimate of drug-likeness (QED) is 0.784. The molecule has 3 aromatic rings. The Morgan fingerprint density at radius 2 is 1.60 bits per heavy atom. The number of alkyl halides is 3. The Balaban J connectivity index is 1.90. The molecule has 25 heavy (non-hydrogen) atoms. The van der Waals surface area contributed by atoms with E-state index in [9.17, 15) is 22.8 Å². The van der Waals surface area contributed by atoms with E-state index in [2.05, 4.69) is 9.84 Å². The topological polar surface area (TPSA) is 69.0 Å². The van der Waals surface area contributed by atoms with Crippen LogP contribution in [0.1, 0.15) is 5.56 Å². The van der Waals surface area contributed by atoms with E-state index in [1.165, 1.54) is 12.1 Å². The number of benzene rings is 2. The van der Waals surface area contributed by atoms with Crippen molar-refractivity contribution in [3.63, 3.8) is 0 Å². The minimum atomic E-state index is -4.80. The van der Waals surface area contributed by atoms with Crippen LogP contribution in [0.25, 0.3) is 5.69 Å². The van der Waals surface area contributed by atoms with Gasteiger partial charge in [0.05, 0.1) is 12.2 Å². The standard InChI is InChI=1S/C16H12F3N3O3/c17-16(18,19)25-13-8-6-12(7-9-13)22-15(24)21(14(23)20-22)10-11-4-2-1-3-5-11/h1-9H,10H2,(H,20,23). The van der Waals surface area contributed by atoms with Gasteiger partial charge in [0.2, 0.25) is 0 Å². The summed E-state index contributed by atoms with van der Waals surface area (Å²) in [5.41, 5.74) is -0.270. The van der Waals surface area contributed by atoms with E-state index in [-0.39, 0.29) is 12.2 Å². The fourth-order valence-corrected chi connectivity index (χ4v) is 2.29. The molecule has 0 bridgehead atoms. The summed E-state index contributed by atoms with van der Waals surface area (Å²) in [7, 11) is 0. The third-order valence-corrected chi connectivity index (χ3v) is 3.39. The molecule has 1 N–H and O–H groups in total. The minimum absolute atomic E-state index is 0.0806. The maximum Gasteiger partial charge on any atom is 0.573 e. The highest BCUT2D eigenvalue weighted by Gasteiger charge is 2.31. The van der Waals surface area contributed by atoms with Crippen LogP contribution in [-0.4, -0.2) is 20.7 Å². The van der Waals surface area contributed by atoms with Gasteiger partial charge in [0.15, 0.2) is 0 Å². The van der Waals surface area contributed by atoms with E-state index in [1.54, 1.807) is 24.3 Å². The van der Waals surface area contributed by atoms with Gasteiger partial charge >= 0.3 is 17.7 Å². The maximum absolute atomic E-state index is 12.4. The van der Waals surface area contributed by atoms with E-state index in [4.69, 9.17) is 0 Å². The van der Waals surface area contributed by atoms with Crippen LogP contribution in [0, 0.1) is 0 Å². The second kappa shape index (κ2) is 6.34. The fraction of sp³-hybridized carbons (Fsp3) is 0.125. The molecule has 0 atom stereocenters. The summed E-state index contributed by atoms with van der Waals surface area (Å²) < 4.78 is 42.2. The van der Waals surface area contributed by atoms with Crippen LogP contribution in [0.4, 0.5) is 13.2 Å². The van der Waals surface area contributed by atoms with E-state index < -0.39 is 23.5 Å². The lowest BCUT2D eigenvalue weighted by molar-refractivity contribution is -0.274. The number of aromatic nitrogens is 3. The Labute approximate surface area is 138 Å². The smallest absolute Gasteiger partial charge is 0.406 e. The Morgan fingerprint density at radius 1 is 0.960 bits per heavy atom. The zero-order chi connectivity index (χ0) is 18.0. The molecule has 0 aliphatic rings. The van der Waals surface area contributed by atoms with E-state index in [0.29, 0.717) is 0 Å². The highest BCUT2D eigenvalue weighted by Crippen LogP contribution is 2.23. The molecular weight excluding hydrogens is 339 g/mol. The lowest BCUT2D eigenvalue weighted by atomic mass is 10.2. The molecule has 130 valence electrons. The number of nitrogens with zero attached hydrogens (tertiary/aromatic N) is 2. The van der Waals surface area contributed by atoms with Crippen molar-refractivity contribution in [2.75, 3.05) is 0 Å². The SMILES string of the molecule is O=c1[nH]n(-c2ccc(OC(F)(F)F)cc2)c(=O)n1Cc1ccccc1. The van der Waals surface area contributed by atoms with Crippen molar-refractivity contribution in [1.82, 2.24) is 14.3 Å². The second-order valence-corrected chi connectivity index (χ2v) is 5.15. The van der Waals surface area contributed by atoms with Crippen molar-refractivity contribution in [2.24, 2.45) is 0 Å². The number of nitrogens with one attached hydrogen (secondary N) is 1. The molecule has 0 saturated heterocycles. The molecule has 9 heteroatoms. The van der Waals surface area contributed by atoms with Crippen molar-refractivity contribution in [3.05, 3.63) is 81.1 Å². The summed E-state index contributed by atoms with van der Waals surface area (Å²) in [5.74, 6) is -0.421. The number of rotatable bonds is 4. The van der Waals surface area contributed by atoms with Gasteiger partial charge in [-0.3, -0.25) is 0 Å². The van der Waals surface area contributed by atoms with E-state index in [0.717, 1.165) is 26.9 Å². The molecule has 0 aliphatic heterocycles. The first-order chi connectivity index (χ1) is 11.8. The number of halogens is 3. The lowest BCUT2D eigenvalue weighted by Gasteiger charge is -2.09. The number of hydrogen-bond donors (Lipinski definition) is 1. The summed E-state index contributed by atoms with van der Waals surface area (Å²) in [4.78, 5) is 24.4. The van der Waals surface area contributed by atoms with Gasteiger partial charge in [-0.2, -0.15) is 0 Å². The van der Waals surface area contributed by atoms with Crippen molar-refractivity contribution in [1.29, 1.82) is 0 Å². The first-order valence-corrected chi connectivity index (χ1v) is 7.15. The molecule has 0 amide bonds. The first-order valence-electron chi connectivity index (χ1n) is 7.15. The Hall–Kier alpha value is -3.23. The van der Waals surface area contributed by atoms with Gasteiger partial charge in [-0.05, 0) is 29.8 Å². The van der Waals surface area contributed by atoms with Crippen LogP contribution >= 0.6 is 0 Å². The molecule has 1 heterocycles. The Kier molecular flexibility index (Phi) is 4.22. The van der Waals surface area contributed by atoms with Crippen molar-refractivity contribution in [3.8, 4) is 11.4 Å². The summed E-state index contributed by atoms with van der Waals surface area (Å²) in [6.45, 7) is 0.0806. The van der Waals surface area contributed by atoms with Gasteiger partial charge in [0.1, 0.15) is 5.75 Å². The molecule has 0 aliphatic carbocycles. The molecule has 0 fully saturated rings. The predicted molar refractivity (Wildman–Crippen MR) is 82.9 cm³/mol. The molecular formula is C16H12F3N3O3. The summed E-state index contributed by atoms with van der Waals surface area (Å²) in [6, 6.07) is 13.5. The molecule has 0 unspecified atom stereocenters. The molecule has 2 aromatic carbocycles. The van der Waals surface area contributed by atoms with Crippen LogP contribution in [0.2, 0.25) is 0 Å². The fourth-order valence-electron chi connectivity index (χ4n) is 2.29. The van der Waals surface area contributed by atoms with Crippen molar-refractivity contribution >= 4 is 0 Å². The van der Waals surface area contributed by atoms with Crippen LogP contribution in [0.15, 0.2) is 64.2 Å².